The van der Waals surface area contributed by atoms with Crippen LogP contribution in [0.1, 0.15) is 5.56 Å². The van der Waals surface area contributed by atoms with Crippen LogP contribution in [0.25, 0.3) is 6.08 Å². The quantitative estimate of drug-likeness (QED) is 0.330. The molecule has 2 amide bonds. The average Bonchev–Trinajstić information content (AvgIpc) is 2.96. The van der Waals surface area contributed by atoms with E-state index in [0.29, 0.717) is 16.9 Å². The predicted molar refractivity (Wildman–Crippen MR) is 118 cm³/mol. The summed E-state index contributed by atoms with van der Waals surface area (Å²) in [6.45, 7) is 0. The second-order valence-corrected chi connectivity index (χ2v) is 8.13. The van der Waals surface area contributed by atoms with E-state index < -0.39 is 11.8 Å². The summed E-state index contributed by atoms with van der Waals surface area (Å²) in [6, 6.07) is 19.8. The van der Waals surface area contributed by atoms with Crippen molar-refractivity contribution < 1.29 is 14.0 Å². The molecule has 1 saturated heterocycles. The number of amides is 2. The number of carbonyl (C=O) groups excluding carboxylic acids is 2. The van der Waals surface area contributed by atoms with Gasteiger partial charge in [-0.1, -0.05) is 44.0 Å². The van der Waals surface area contributed by atoms with Crippen molar-refractivity contribution >= 4 is 61.1 Å². The number of hydrogen-bond acceptors (Lipinski definition) is 2. The number of carbonyl (C=O) groups is 2. The summed E-state index contributed by atoms with van der Waals surface area (Å²) in [5.41, 5.74) is 1.67. The lowest BCUT2D eigenvalue weighted by Gasteiger charge is -2.27. The van der Waals surface area contributed by atoms with E-state index in [1.54, 1.807) is 48.5 Å². The molecular weight excluding hydrogens is 503 g/mol. The van der Waals surface area contributed by atoms with Gasteiger partial charge in [0.1, 0.15) is 11.4 Å². The molecule has 0 spiro atoms. The van der Waals surface area contributed by atoms with E-state index in [4.69, 9.17) is 0 Å². The van der Waals surface area contributed by atoms with Crippen molar-refractivity contribution in [1.82, 2.24) is 0 Å². The normalized spacial score (nSPS) is 14.0. The van der Waals surface area contributed by atoms with Gasteiger partial charge in [0, 0.05) is 8.95 Å². The Morgan fingerprint density at radius 1 is 0.655 bits per heavy atom. The molecule has 4 nitrogen and oxygen atoms in total. The third-order valence-electron chi connectivity index (χ3n) is 4.37. The molecule has 0 unspecified atom stereocenters. The molecule has 0 radical (unpaired) electrons. The van der Waals surface area contributed by atoms with Crippen LogP contribution >= 0.6 is 31.9 Å². The molecule has 1 fully saturated rings. The number of hydrogen-bond donors (Lipinski definition) is 0. The number of nitrogens with zero attached hydrogens (tertiary/aromatic N) is 2. The first-order valence-corrected chi connectivity index (χ1v) is 10.2. The van der Waals surface area contributed by atoms with Crippen molar-refractivity contribution in [3.63, 3.8) is 0 Å². The SMILES string of the molecule is O=C1C(=Cc2ccc(F)cc2)C(=O)N(c2ccc(Br)cc2)N1c1ccc(Br)cc1. The van der Waals surface area contributed by atoms with E-state index in [-0.39, 0.29) is 11.4 Å². The molecule has 1 aliphatic rings. The van der Waals surface area contributed by atoms with Crippen LogP contribution in [0, 0.1) is 5.82 Å². The lowest BCUT2D eigenvalue weighted by Crippen LogP contribution is -2.41. The molecule has 29 heavy (non-hydrogen) atoms. The van der Waals surface area contributed by atoms with E-state index in [1.807, 2.05) is 0 Å². The highest BCUT2D eigenvalue weighted by Gasteiger charge is 2.42. The molecule has 7 heteroatoms. The van der Waals surface area contributed by atoms with Gasteiger partial charge >= 0.3 is 0 Å². The molecule has 1 heterocycles. The maximum Gasteiger partial charge on any atom is 0.283 e. The van der Waals surface area contributed by atoms with Gasteiger partial charge in [0.2, 0.25) is 0 Å². The highest BCUT2D eigenvalue weighted by Crippen LogP contribution is 2.33. The largest absolute Gasteiger partial charge is 0.283 e. The summed E-state index contributed by atoms with van der Waals surface area (Å²) in [6.07, 6.45) is 1.48. The second kappa shape index (κ2) is 7.93. The Labute approximate surface area is 183 Å². The third-order valence-corrected chi connectivity index (χ3v) is 5.43. The first kappa shape index (κ1) is 19.5. The van der Waals surface area contributed by atoms with Crippen molar-refractivity contribution in [2.24, 2.45) is 0 Å². The summed E-state index contributed by atoms with van der Waals surface area (Å²) < 4.78 is 14.9. The fourth-order valence-electron chi connectivity index (χ4n) is 2.98. The smallest absolute Gasteiger partial charge is 0.267 e. The Morgan fingerprint density at radius 3 is 1.48 bits per heavy atom. The van der Waals surface area contributed by atoms with Crippen LogP contribution in [-0.4, -0.2) is 11.8 Å². The Hall–Kier alpha value is -2.77. The Kier molecular flexibility index (Phi) is 5.34. The number of halogens is 3. The molecule has 144 valence electrons. The fraction of sp³-hybridized carbons (Fsp3) is 0. The first-order valence-electron chi connectivity index (χ1n) is 8.61. The molecule has 0 bridgehead atoms. The van der Waals surface area contributed by atoms with Gasteiger partial charge in [-0.3, -0.25) is 9.59 Å². The number of benzene rings is 3. The van der Waals surface area contributed by atoms with Gasteiger partial charge < -0.3 is 0 Å². The number of anilines is 2. The van der Waals surface area contributed by atoms with E-state index in [9.17, 15) is 14.0 Å². The lowest BCUT2D eigenvalue weighted by molar-refractivity contribution is -0.116. The summed E-state index contributed by atoms with van der Waals surface area (Å²) >= 11 is 6.76. The van der Waals surface area contributed by atoms with Gasteiger partial charge in [0.05, 0.1) is 11.4 Å². The zero-order valence-electron chi connectivity index (χ0n) is 14.9. The van der Waals surface area contributed by atoms with E-state index >= 15 is 0 Å². The Bertz CT molecular complexity index is 1050. The van der Waals surface area contributed by atoms with Crippen molar-refractivity contribution in [2.75, 3.05) is 10.0 Å². The molecule has 0 aliphatic carbocycles. The van der Waals surface area contributed by atoms with Crippen LogP contribution in [-0.2, 0) is 9.59 Å². The molecule has 0 N–H and O–H groups in total. The maximum absolute atomic E-state index is 13.2. The minimum atomic E-state index is -0.454. The Balaban J connectivity index is 1.83. The zero-order valence-corrected chi connectivity index (χ0v) is 18.0. The van der Waals surface area contributed by atoms with Crippen LogP contribution in [0.3, 0.4) is 0 Å². The van der Waals surface area contributed by atoms with Crippen LogP contribution in [0.4, 0.5) is 15.8 Å². The van der Waals surface area contributed by atoms with Crippen molar-refractivity contribution in [3.8, 4) is 0 Å². The van der Waals surface area contributed by atoms with Gasteiger partial charge in [-0.15, -0.1) is 0 Å². The van der Waals surface area contributed by atoms with Gasteiger partial charge in [-0.2, -0.15) is 0 Å². The minimum absolute atomic E-state index is 0.00226. The van der Waals surface area contributed by atoms with Gasteiger partial charge in [0.25, 0.3) is 11.8 Å². The summed E-state index contributed by atoms with van der Waals surface area (Å²) in [4.78, 5) is 26.4. The summed E-state index contributed by atoms with van der Waals surface area (Å²) in [5.74, 6) is -1.29. The van der Waals surface area contributed by atoms with Crippen molar-refractivity contribution in [2.45, 2.75) is 0 Å². The van der Waals surface area contributed by atoms with E-state index in [2.05, 4.69) is 31.9 Å². The van der Waals surface area contributed by atoms with Crippen molar-refractivity contribution in [1.29, 1.82) is 0 Å². The standard InChI is InChI=1S/C22H13Br2FN2O2/c23-15-3-9-18(10-4-15)26-21(28)20(13-14-1-7-17(25)8-2-14)22(29)27(26)19-11-5-16(24)6-12-19/h1-13H. The maximum atomic E-state index is 13.2. The molecule has 0 saturated carbocycles. The lowest BCUT2D eigenvalue weighted by atomic mass is 10.1. The third kappa shape index (κ3) is 3.88. The molecule has 3 aromatic carbocycles. The highest BCUT2D eigenvalue weighted by molar-refractivity contribution is 9.10. The van der Waals surface area contributed by atoms with E-state index in [0.717, 1.165) is 8.95 Å². The van der Waals surface area contributed by atoms with Gasteiger partial charge in [-0.05, 0) is 72.3 Å². The molecule has 0 aromatic heterocycles. The van der Waals surface area contributed by atoms with Crippen LogP contribution < -0.4 is 10.0 Å². The second-order valence-electron chi connectivity index (χ2n) is 6.30. The summed E-state index contributed by atoms with van der Waals surface area (Å²) in [7, 11) is 0. The van der Waals surface area contributed by atoms with Gasteiger partial charge in [-0.25, -0.2) is 14.4 Å². The molecule has 3 aromatic rings. The van der Waals surface area contributed by atoms with Crippen molar-refractivity contribution in [3.05, 3.63) is 98.7 Å². The average molecular weight is 516 g/mol. The molecule has 1 aliphatic heterocycles. The fourth-order valence-corrected chi connectivity index (χ4v) is 3.51. The molecule has 0 atom stereocenters. The molecule has 4 rings (SSSR count). The van der Waals surface area contributed by atoms with Crippen LogP contribution in [0.5, 0.6) is 0 Å². The monoisotopic (exact) mass is 514 g/mol. The first-order chi connectivity index (χ1) is 13.9. The topological polar surface area (TPSA) is 40.6 Å². The number of hydrazine groups is 1. The van der Waals surface area contributed by atoms with Crippen LogP contribution in [0.15, 0.2) is 87.3 Å². The zero-order chi connectivity index (χ0) is 20.5. The summed E-state index contributed by atoms with van der Waals surface area (Å²) in [5, 5.41) is 2.68. The van der Waals surface area contributed by atoms with E-state index in [1.165, 1.54) is 40.4 Å². The molecular formula is C22H13Br2FN2O2. The Morgan fingerprint density at radius 2 is 1.07 bits per heavy atom. The number of rotatable bonds is 3. The van der Waals surface area contributed by atoms with Crippen LogP contribution in [0.2, 0.25) is 0 Å². The van der Waals surface area contributed by atoms with Gasteiger partial charge in [0.15, 0.2) is 0 Å². The predicted octanol–water partition coefficient (Wildman–Crippen LogP) is 5.73. The minimum Gasteiger partial charge on any atom is -0.267 e. The highest BCUT2D eigenvalue weighted by atomic mass is 79.9.